The zero-order valence-electron chi connectivity index (χ0n) is 20.0. The van der Waals surface area contributed by atoms with Gasteiger partial charge in [-0.15, -0.1) is 0 Å². The van der Waals surface area contributed by atoms with Crippen LogP contribution in [0.4, 0.5) is 4.79 Å². The lowest BCUT2D eigenvalue weighted by molar-refractivity contribution is -0.148. The van der Waals surface area contributed by atoms with E-state index in [1.54, 1.807) is 20.8 Å². The van der Waals surface area contributed by atoms with Crippen molar-refractivity contribution in [2.75, 3.05) is 6.61 Å². The minimum atomic E-state index is -1.00. The van der Waals surface area contributed by atoms with Gasteiger partial charge in [0.05, 0.1) is 6.61 Å². The zero-order chi connectivity index (χ0) is 23.8. The molecule has 1 atom stereocenters. The average molecular weight is 450 g/mol. The standard InChI is InChI=1S/C25H39NO6/c1-5-6-7-8-9-13-18-30-22(27)17-16-21(26-24(29)32-25(2,3)4)23(28)31-19-20-14-11-10-12-15-20/h10-12,14-15,21H,5-9,13,16-19H2,1-4H3,(H,26,29)/t21-/m0/s1. The van der Waals surface area contributed by atoms with Crippen LogP contribution in [-0.4, -0.2) is 36.3 Å². The summed E-state index contributed by atoms with van der Waals surface area (Å²) in [4.78, 5) is 36.8. The highest BCUT2D eigenvalue weighted by atomic mass is 16.6. The lowest BCUT2D eigenvalue weighted by Crippen LogP contribution is -2.44. The summed E-state index contributed by atoms with van der Waals surface area (Å²) in [5.41, 5.74) is 0.119. The van der Waals surface area contributed by atoms with E-state index in [0.29, 0.717) is 6.61 Å². The Kier molecular flexibility index (Phi) is 13.1. The van der Waals surface area contributed by atoms with Crippen molar-refractivity contribution in [3.8, 4) is 0 Å². The van der Waals surface area contributed by atoms with Crippen LogP contribution in [0, 0.1) is 0 Å². The Hall–Kier alpha value is -2.57. The van der Waals surface area contributed by atoms with Crippen molar-refractivity contribution < 1.29 is 28.6 Å². The summed E-state index contributed by atoms with van der Waals surface area (Å²) >= 11 is 0. The summed E-state index contributed by atoms with van der Waals surface area (Å²) < 4.78 is 15.8. The van der Waals surface area contributed by atoms with Crippen molar-refractivity contribution >= 4 is 18.0 Å². The predicted molar refractivity (Wildman–Crippen MR) is 123 cm³/mol. The van der Waals surface area contributed by atoms with Crippen molar-refractivity contribution in [2.24, 2.45) is 0 Å². The van der Waals surface area contributed by atoms with Gasteiger partial charge in [0.25, 0.3) is 0 Å². The third-order valence-corrected chi connectivity index (χ3v) is 4.60. The monoisotopic (exact) mass is 449 g/mol. The molecule has 0 saturated carbocycles. The van der Waals surface area contributed by atoms with Crippen molar-refractivity contribution in [1.29, 1.82) is 0 Å². The number of benzene rings is 1. The Morgan fingerprint density at radius 3 is 2.25 bits per heavy atom. The van der Waals surface area contributed by atoms with Crippen LogP contribution in [-0.2, 0) is 30.4 Å². The van der Waals surface area contributed by atoms with E-state index in [2.05, 4.69) is 12.2 Å². The van der Waals surface area contributed by atoms with Crippen molar-refractivity contribution in [3.05, 3.63) is 35.9 Å². The second-order valence-corrected chi connectivity index (χ2v) is 8.82. The van der Waals surface area contributed by atoms with Gasteiger partial charge in [-0.05, 0) is 39.2 Å². The highest BCUT2D eigenvalue weighted by Gasteiger charge is 2.26. The molecule has 1 amide bonds. The number of ether oxygens (including phenoxy) is 3. The maximum absolute atomic E-state index is 12.6. The molecule has 0 aromatic heterocycles. The fourth-order valence-electron chi connectivity index (χ4n) is 2.93. The molecule has 32 heavy (non-hydrogen) atoms. The Morgan fingerprint density at radius 2 is 1.59 bits per heavy atom. The molecule has 0 saturated heterocycles. The molecule has 0 radical (unpaired) electrons. The van der Waals surface area contributed by atoms with Gasteiger partial charge in [-0.25, -0.2) is 9.59 Å². The van der Waals surface area contributed by atoms with Crippen LogP contribution in [0.1, 0.15) is 84.6 Å². The number of esters is 2. The summed E-state index contributed by atoms with van der Waals surface area (Å²) in [6, 6.07) is 8.23. The minimum Gasteiger partial charge on any atom is -0.466 e. The highest BCUT2D eigenvalue weighted by molar-refractivity contribution is 5.82. The molecule has 0 aliphatic heterocycles. The molecule has 0 spiro atoms. The highest BCUT2D eigenvalue weighted by Crippen LogP contribution is 2.11. The first-order chi connectivity index (χ1) is 15.2. The number of hydrogen-bond acceptors (Lipinski definition) is 6. The molecule has 0 aliphatic rings. The third kappa shape index (κ3) is 13.7. The number of carbonyl (C=O) groups is 3. The summed E-state index contributed by atoms with van der Waals surface area (Å²) in [5, 5.41) is 2.52. The third-order valence-electron chi connectivity index (χ3n) is 4.60. The summed E-state index contributed by atoms with van der Waals surface area (Å²) in [7, 11) is 0. The second-order valence-electron chi connectivity index (χ2n) is 8.82. The van der Waals surface area contributed by atoms with Crippen LogP contribution in [0.5, 0.6) is 0 Å². The molecule has 1 N–H and O–H groups in total. The number of amides is 1. The van der Waals surface area contributed by atoms with Crippen LogP contribution < -0.4 is 5.32 Å². The first kappa shape index (κ1) is 27.5. The van der Waals surface area contributed by atoms with Crippen LogP contribution in [0.3, 0.4) is 0 Å². The van der Waals surface area contributed by atoms with Crippen molar-refractivity contribution in [3.63, 3.8) is 0 Å². The van der Waals surface area contributed by atoms with Crippen LogP contribution >= 0.6 is 0 Å². The number of alkyl carbamates (subject to hydrolysis) is 1. The molecular formula is C25H39NO6. The Balaban J connectivity index is 2.50. The molecule has 7 heteroatoms. The van der Waals surface area contributed by atoms with Crippen molar-refractivity contribution in [1.82, 2.24) is 5.32 Å². The quantitative estimate of drug-likeness (QED) is 0.235. The summed E-state index contributed by atoms with van der Waals surface area (Å²) in [6.45, 7) is 7.81. The van der Waals surface area contributed by atoms with Gasteiger partial charge in [-0.1, -0.05) is 69.4 Å². The van der Waals surface area contributed by atoms with E-state index in [9.17, 15) is 14.4 Å². The van der Waals surface area contributed by atoms with Gasteiger partial charge in [0.2, 0.25) is 0 Å². The normalized spacial score (nSPS) is 12.0. The molecular weight excluding hydrogens is 410 g/mol. The molecule has 1 aromatic carbocycles. The van der Waals surface area contributed by atoms with Crippen LogP contribution in [0.25, 0.3) is 0 Å². The van der Waals surface area contributed by atoms with Gasteiger partial charge in [-0.3, -0.25) is 4.79 Å². The smallest absolute Gasteiger partial charge is 0.408 e. The van der Waals surface area contributed by atoms with E-state index in [1.165, 1.54) is 19.3 Å². The number of rotatable bonds is 14. The van der Waals surface area contributed by atoms with E-state index >= 15 is 0 Å². The van der Waals surface area contributed by atoms with Crippen LogP contribution in [0.2, 0.25) is 0 Å². The van der Waals surface area contributed by atoms with E-state index in [1.807, 2.05) is 30.3 Å². The van der Waals surface area contributed by atoms with E-state index in [-0.39, 0.29) is 19.4 Å². The summed E-state index contributed by atoms with van der Waals surface area (Å²) in [6.07, 6.45) is 5.95. The average Bonchev–Trinajstić information content (AvgIpc) is 2.73. The second kappa shape index (κ2) is 15.3. The first-order valence-corrected chi connectivity index (χ1v) is 11.6. The molecule has 0 unspecified atom stereocenters. The molecule has 0 aliphatic carbocycles. The van der Waals surface area contributed by atoms with E-state index < -0.39 is 29.7 Å². The number of hydrogen-bond donors (Lipinski definition) is 1. The Labute approximate surface area is 192 Å². The Bertz CT molecular complexity index is 683. The van der Waals surface area contributed by atoms with Gasteiger partial charge in [0.1, 0.15) is 18.2 Å². The molecule has 0 fully saturated rings. The number of nitrogens with one attached hydrogen (secondary N) is 1. The Morgan fingerprint density at radius 1 is 0.938 bits per heavy atom. The summed E-state index contributed by atoms with van der Waals surface area (Å²) in [5.74, 6) is -1.02. The van der Waals surface area contributed by atoms with E-state index in [0.717, 1.165) is 24.8 Å². The molecule has 180 valence electrons. The minimum absolute atomic E-state index is 0.00324. The molecule has 1 rings (SSSR count). The molecule has 7 nitrogen and oxygen atoms in total. The topological polar surface area (TPSA) is 90.9 Å². The SMILES string of the molecule is CCCCCCCCOC(=O)CC[C@H](NC(=O)OC(C)(C)C)C(=O)OCc1ccccc1. The maximum atomic E-state index is 12.6. The predicted octanol–water partition coefficient (Wildman–Crippen LogP) is 5.31. The number of unbranched alkanes of at least 4 members (excludes halogenated alkanes) is 5. The fraction of sp³-hybridized carbons (Fsp3) is 0.640. The number of carbonyl (C=O) groups excluding carboxylic acids is 3. The van der Waals surface area contributed by atoms with Gasteiger partial charge in [-0.2, -0.15) is 0 Å². The van der Waals surface area contributed by atoms with Gasteiger partial charge in [0.15, 0.2) is 0 Å². The molecule has 0 heterocycles. The first-order valence-electron chi connectivity index (χ1n) is 11.6. The van der Waals surface area contributed by atoms with Crippen molar-refractivity contribution in [2.45, 2.75) is 97.3 Å². The molecule has 1 aromatic rings. The maximum Gasteiger partial charge on any atom is 0.408 e. The lowest BCUT2D eigenvalue weighted by atomic mass is 10.1. The largest absolute Gasteiger partial charge is 0.466 e. The lowest BCUT2D eigenvalue weighted by Gasteiger charge is -2.23. The fourth-order valence-corrected chi connectivity index (χ4v) is 2.93. The molecule has 0 bridgehead atoms. The van der Waals surface area contributed by atoms with E-state index in [4.69, 9.17) is 14.2 Å². The van der Waals surface area contributed by atoms with Crippen LogP contribution in [0.15, 0.2) is 30.3 Å². The van der Waals surface area contributed by atoms with Gasteiger partial charge in [0, 0.05) is 6.42 Å². The van der Waals surface area contributed by atoms with Gasteiger partial charge < -0.3 is 19.5 Å². The van der Waals surface area contributed by atoms with Gasteiger partial charge >= 0.3 is 18.0 Å². The zero-order valence-corrected chi connectivity index (χ0v) is 20.0.